The summed E-state index contributed by atoms with van der Waals surface area (Å²) >= 11 is 12.2. The van der Waals surface area contributed by atoms with Gasteiger partial charge in [-0.15, -0.1) is 0 Å². The molecule has 0 fully saturated rings. The second-order valence-electron chi connectivity index (χ2n) is 5.91. The highest BCUT2D eigenvalue weighted by Gasteiger charge is 2.08. The summed E-state index contributed by atoms with van der Waals surface area (Å²) in [5.74, 6) is 1.02. The Labute approximate surface area is 152 Å². The normalized spacial score (nSPS) is 11.2. The zero-order chi connectivity index (χ0) is 16.9. The van der Waals surface area contributed by atoms with Crippen LogP contribution in [0.2, 0.25) is 10.0 Å². The van der Waals surface area contributed by atoms with Crippen molar-refractivity contribution < 1.29 is 0 Å². The molecule has 0 unspecified atom stereocenters. The van der Waals surface area contributed by atoms with Gasteiger partial charge in [0.2, 0.25) is 0 Å². The molecule has 124 valence electrons. The third kappa shape index (κ3) is 4.60. The van der Waals surface area contributed by atoms with Crippen molar-refractivity contribution in [2.45, 2.75) is 19.6 Å². The van der Waals surface area contributed by atoms with Gasteiger partial charge in [0.05, 0.1) is 6.54 Å². The van der Waals surface area contributed by atoms with Crippen molar-refractivity contribution in [3.63, 3.8) is 0 Å². The summed E-state index contributed by atoms with van der Waals surface area (Å²) in [4.78, 5) is 6.74. The molecule has 3 nitrogen and oxygen atoms in total. The van der Waals surface area contributed by atoms with Gasteiger partial charge in [0.1, 0.15) is 5.82 Å². The molecule has 5 heteroatoms. The molecule has 0 saturated heterocycles. The summed E-state index contributed by atoms with van der Waals surface area (Å²) in [6.45, 7) is 2.36. The monoisotopic (exact) mass is 359 g/mol. The fourth-order valence-corrected chi connectivity index (χ4v) is 3.30. The SMILES string of the molecule is CN(Cc1ccccc1)Cc1nccn1Cc1cc(Cl)cc(Cl)c1. The quantitative estimate of drug-likeness (QED) is 0.625. The Balaban J connectivity index is 1.68. The van der Waals surface area contributed by atoms with Crippen LogP contribution in [-0.4, -0.2) is 21.5 Å². The number of imidazole rings is 1. The highest BCUT2D eigenvalue weighted by atomic mass is 35.5. The largest absolute Gasteiger partial charge is 0.329 e. The first-order valence-electron chi connectivity index (χ1n) is 7.77. The second kappa shape index (κ2) is 7.84. The fraction of sp³-hybridized carbons (Fsp3) is 0.211. The minimum absolute atomic E-state index is 0.653. The molecule has 1 aromatic heterocycles. The lowest BCUT2D eigenvalue weighted by Gasteiger charge is -2.17. The van der Waals surface area contributed by atoms with Crippen molar-refractivity contribution in [3.05, 3.63) is 87.9 Å². The van der Waals surface area contributed by atoms with Crippen LogP contribution >= 0.6 is 23.2 Å². The lowest BCUT2D eigenvalue weighted by molar-refractivity contribution is 0.306. The molecule has 0 N–H and O–H groups in total. The molecule has 3 rings (SSSR count). The van der Waals surface area contributed by atoms with Crippen molar-refractivity contribution in [1.29, 1.82) is 0 Å². The maximum Gasteiger partial charge on any atom is 0.123 e. The summed E-state index contributed by atoms with van der Waals surface area (Å²) in [5, 5.41) is 1.31. The summed E-state index contributed by atoms with van der Waals surface area (Å²) in [6, 6.07) is 16.0. The predicted octanol–water partition coefficient (Wildman–Crippen LogP) is 4.87. The van der Waals surface area contributed by atoms with Gasteiger partial charge in [-0.05, 0) is 36.4 Å². The van der Waals surface area contributed by atoms with Gasteiger partial charge in [0.25, 0.3) is 0 Å². The molecule has 0 atom stereocenters. The lowest BCUT2D eigenvalue weighted by Crippen LogP contribution is -2.20. The highest BCUT2D eigenvalue weighted by molar-refractivity contribution is 6.34. The van der Waals surface area contributed by atoms with Gasteiger partial charge in [-0.2, -0.15) is 0 Å². The molecule has 1 heterocycles. The van der Waals surface area contributed by atoms with Gasteiger partial charge in [-0.3, -0.25) is 4.90 Å². The van der Waals surface area contributed by atoms with Crippen molar-refractivity contribution in [2.75, 3.05) is 7.05 Å². The first kappa shape index (κ1) is 17.0. The zero-order valence-corrected chi connectivity index (χ0v) is 15.0. The molecule has 0 aliphatic rings. The van der Waals surface area contributed by atoms with E-state index in [1.807, 2.05) is 30.6 Å². The van der Waals surface area contributed by atoms with Gasteiger partial charge >= 0.3 is 0 Å². The first-order chi connectivity index (χ1) is 11.6. The van der Waals surface area contributed by atoms with E-state index in [2.05, 4.69) is 45.8 Å². The standard InChI is InChI=1S/C19H19Cl2N3/c1-23(12-15-5-3-2-4-6-15)14-19-22-7-8-24(19)13-16-9-17(20)11-18(21)10-16/h2-11H,12-14H2,1H3. The van der Waals surface area contributed by atoms with Crippen LogP contribution in [0.5, 0.6) is 0 Å². The van der Waals surface area contributed by atoms with Crippen molar-refractivity contribution in [3.8, 4) is 0 Å². The van der Waals surface area contributed by atoms with Crippen LogP contribution in [0, 0.1) is 0 Å². The van der Waals surface area contributed by atoms with E-state index < -0.39 is 0 Å². The third-order valence-corrected chi connectivity index (χ3v) is 4.22. The summed E-state index contributed by atoms with van der Waals surface area (Å²) < 4.78 is 2.13. The molecule has 0 amide bonds. The van der Waals surface area contributed by atoms with Crippen LogP contribution < -0.4 is 0 Å². The molecular weight excluding hydrogens is 341 g/mol. The minimum atomic E-state index is 0.653. The smallest absolute Gasteiger partial charge is 0.123 e. The summed E-state index contributed by atoms with van der Waals surface area (Å²) in [5.41, 5.74) is 2.36. The molecule has 24 heavy (non-hydrogen) atoms. The van der Waals surface area contributed by atoms with Crippen molar-refractivity contribution in [1.82, 2.24) is 14.5 Å². The number of halogens is 2. The molecule has 0 spiro atoms. The molecular formula is C19H19Cl2N3. The number of nitrogens with zero attached hydrogens (tertiary/aromatic N) is 3. The average molecular weight is 360 g/mol. The molecule has 0 aliphatic heterocycles. The van der Waals surface area contributed by atoms with E-state index in [4.69, 9.17) is 23.2 Å². The number of hydrogen-bond acceptors (Lipinski definition) is 2. The Hall–Kier alpha value is -1.81. The number of aromatic nitrogens is 2. The third-order valence-electron chi connectivity index (χ3n) is 3.78. The fourth-order valence-electron chi connectivity index (χ4n) is 2.73. The van der Waals surface area contributed by atoms with Crippen LogP contribution in [-0.2, 0) is 19.6 Å². The highest BCUT2D eigenvalue weighted by Crippen LogP contribution is 2.20. The number of hydrogen-bond donors (Lipinski definition) is 0. The molecule has 0 aliphatic carbocycles. The van der Waals surface area contributed by atoms with Crippen LogP contribution in [0.3, 0.4) is 0 Å². The summed E-state index contributed by atoms with van der Waals surface area (Å²) in [6.07, 6.45) is 3.82. The van der Waals surface area contributed by atoms with Gasteiger partial charge in [0.15, 0.2) is 0 Å². The molecule has 0 saturated carbocycles. The van der Waals surface area contributed by atoms with Crippen LogP contribution in [0.4, 0.5) is 0 Å². The molecule has 0 radical (unpaired) electrons. The topological polar surface area (TPSA) is 21.1 Å². The van der Waals surface area contributed by atoms with E-state index in [0.29, 0.717) is 16.6 Å². The Morgan fingerprint density at radius 3 is 2.38 bits per heavy atom. The molecule has 3 aromatic rings. The van der Waals surface area contributed by atoms with Crippen LogP contribution in [0.15, 0.2) is 60.9 Å². The maximum absolute atomic E-state index is 6.09. The van der Waals surface area contributed by atoms with Gasteiger partial charge < -0.3 is 4.57 Å². The number of rotatable bonds is 6. The van der Waals surface area contributed by atoms with E-state index >= 15 is 0 Å². The van der Waals surface area contributed by atoms with E-state index in [0.717, 1.165) is 24.5 Å². The van der Waals surface area contributed by atoms with Crippen molar-refractivity contribution in [2.24, 2.45) is 0 Å². The van der Waals surface area contributed by atoms with E-state index in [1.54, 1.807) is 6.07 Å². The Morgan fingerprint density at radius 1 is 0.958 bits per heavy atom. The van der Waals surface area contributed by atoms with Crippen LogP contribution in [0.25, 0.3) is 0 Å². The lowest BCUT2D eigenvalue weighted by atomic mass is 10.2. The molecule has 2 aromatic carbocycles. The van der Waals surface area contributed by atoms with Gasteiger partial charge in [0, 0.05) is 35.5 Å². The first-order valence-corrected chi connectivity index (χ1v) is 8.53. The predicted molar refractivity (Wildman–Crippen MR) is 99.4 cm³/mol. The zero-order valence-electron chi connectivity index (χ0n) is 13.5. The van der Waals surface area contributed by atoms with Crippen LogP contribution in [0.1, 0.15) is 17.0 Å². The Morgan fingerprint density at radius 2 is 1.67 bits per heavy atom. The van der Waals surface area contributed by atoms with Crippen molar-refractivity contribution >= 4 is 23.2 Å². The second-order valence-corrected chi connectivity index (χ2v) is 6.78. The maximum atomic E-state index is 6.09. The van der Waals surface area contributed by atoms with E-state index in [-0.39, 0.29) is 0 Å². The number of benzene rings is 2. The molecule has 0 bridgehead atoms. The average Bonchev–Trinajstić information content (AvgIpc) is 2.94. The van der Waals surface area contributed by atoms with E-state index in [9.17, 15) is 0 Å². The van der Waals surface area contributed by atoms with E-state index in [1.165, 1.54) is 5.56 Å². The van der Waals surface area contributed by atoms with Gasteiger partial charge in [-0.25, -0.2) is 4.98 Å². The Kier molecular flexibility index (Phi) is 5.56. The minimum Gasteiger partial charge on any atom is -0.329 e. The van der Waals surface area contributed by atoms with Gasteiger partial charge in [-0.1, -0.05) is 53.5 Å². The summed E-state index contributed by atoms with van der Waals surface area (Å²) in [7, 11) is 2.10. The Bertz CT molecular complexity index is 779.